The summed E-state index contributed by atoms with van der Waals surface area (Å²) < 4.78 is 4.90. The number of anilines is 4. The van der Waals surface area contributed by atoms with Crippen molar-refractivity contribution in [2.75, 3.05) is 28.3 Å². The van der Waals surface area contributed by atoms with Crippen LogP contribution in [0.15, 0.2) is 53.9 Å². The van der Waals surface area contributed by atoms with E-state index in [0.29, 0.717) is 47.3 Å². The molecule has 0 fully saturated rings. The monoisotopic (exact) mass is 509 g/mol. The van der Waals surface area contributed by atoms with E-state index in [1.807, 2.05) is 29.6 Å². The highest BCUT2D eigenvalue weighted by Gasteiger charge is 2.10. The number of nitrogens with one attached hydrogen (secondary N) is 3. The van der Waals surface area contributed by atoms with Crippen molar-refractivity contribution in [3.8, 4) is 11.3 Å². The number of hydrogen-bond donors (Lipinski definition) is 4. The molecule has 3 aromatic rings. The van der Waals surface area contributed by atoms with Gasteiger partial charge in [-0.3, -0.25) is 14.9 Å². The summed E-state index contributed by atoms with van der Waals surface area (Å²) in [7, 11) is 0. The fraction of sp³-hybridized carbons (Fsp3) is 0.308. The van der Waals surface area contributed by atoms with Gasteiger partial charge >= 0.3 is 6.09 Å². The van der Waals surface area contributed by atoms with Gasteiger partial charge in [0.2, 0.25) is 11.8 Å². The zero-order valence-corrected chi connectivity index (χ0v) is 21.0. The molecule has 1 aromatic heterocycles. The lowest BCUT2D eigenvalue weighted by molar-refractivity contribution is -0.117. The van der Waals surface area contributed by atoms with Crippen LogP contribution >= 0.6 is 11.3 Å². The SMILES string of the molecule is CCOC(=O)Nc1cccc(-c2csc(NC(=O)CCCCCCC(=O)Nc3ccccc3N)n2)c1. The molecule has 1 heterocycles. The van der Waals surface area contributed by atoms with Gasteiger partial charge in [0.15, 0.2) is 5.13 Å². The molecule has 0 saturated heterocycles. The van der Waals surface area contributed by atoms with Crippen molar-refractivity contribution in [3.05, 3.63) is 53.9 Å². The fourth-order valence-corrected chi connectivity index (χ4v) is 4.17. The number of nitrogens with zero attached hydrogens (tertiary/aromatic N) is 1. The van der Waals surface area contributed by atoms with Gasteiger partial charge in [-0.25, -0.2) is 9.78 Å². The highest BCUT2D eigenvalue weighted by atomic mass is 32.1. The molecule has 0 unspecified atom stereocenters. The second-order valence-electron chi connectivity index (χ2n) is 8.06. The molecule has 0 spiro atoms. The Morgan fingerprint density at radius 3 is 2.36 bits per heavy atom. The predicted octanol–water partition coefficient (Wildman–Crippen LogP) is 5.88. The first-order valence-corrected chi connectivity index (χ1v) is 12.8. The molecule has 10 heteroatoms. The first-order chi connectivity index (χ1) is 17.4. The Bertz CT molecular complexity index is 1180. The lowest BCUT2D eigenvalue weighted by atomic mass is 10.1. The van der Waals surface area contributed by atoms with E-state index < -0.39 is 6.09 Å². The molecule has 0 aliphatic heterocycles. The average molecular weight is 510 g/mol. The van der Waals surface area contributed by atoms with E-state index in [4.69, 9.17) is 10.5 Å². The summed E-state index contributed by atoms with van der Waals surface area (Å²) in [5, 5.41) is 10.7. The van der Waals surface area contributed by atoms with Crippen molar-refractivity contribution in [3.63, 3.8) is 0 Å². The number of hydrogen-bond acceptors (Lipinski definition) is 7. The van der Waals surface area contributed by atoms with Crippen molar-refractivity contribution in [2.24, 2.45) is 0 Å². The molecular weight excluding hydrogens is 478 g/mol. The van der Waals surface area contributed by atoms with Gasteiger partial charge in [-0.2, -0.15) is 0 Å². The molecule has 0 aliphatic rings. The van der Waals surface area contributed by atoms with Crippen LogP contribution in [0.1, 0.15) is 45.4 Å². The van der Waals surface area contributed by atoms with Crippen LogP contribution in [0.2, 0.25) is 0 Å². The number of para-hydroxylation sites is 2. The maximum absolute atomic E-state index is 12.3. The van der Waals surface area contributed by atoms with Crippen LogP contribution in [0.3, 0.4) is 0 Å². The van der Waals surface area contributed by atoms with Crippen LogP contribution in [0.5, 0.6) is 0 Å². The average Bonchev–Trinajstić information content (AvgIpc) is 3.31. The number of thiazole rings is 1. The largest absolute Gasteiger partial charge is 0.450 e. The highest BCUT2D eigenvalue weighted by Crippen LogP contribution is 2.27. The summed E-state index contributed by atoms with van der Waals surface area (Å²) in [6, 6.07) is 14.4. The molecule has 0 saturated carbocycles. The number of carbonyl (C=O) groups is 3. The van der Waals surface area contributed by atoms with Crippen LogP contribution in [-0.4, -0.2) is 29.5 Å². The van der Waals surface area contributed by atoms with E-state index in [9.17, 15) is 14.4 Å². The molecule has 0 atom stereocenters. The standard InChI is InChI=1S/C26H31N5O4S/c1-2-35-26(34)28-19-11-9-10-18(16-19)22-17-36-25(30-22)31-24(33)15-6-4-3-5-14-23(32)29-21-13-8-7-12-20(21)27/h7-13,16-17H,2-6,14-15,27H2,1H3,(H,28,34)(H,29,32)(H,30,31,33). The molecule has 3 rings (SSSR count). The minimum atomic E-state index is -0.512. The van der Waals surface area contributed by atoms with E-state index in [1.54, 1.807) is 31.2 Å². The van der Waals surface area contributed by atoms with Crippen LogP contribution in [-0.2, 0) is 14.3 Å². The van der Waals surface area contributed by atoms with Gasteiger partial charge < -0.3 is 21.1 Å². The lowest BCUT2D eigenvalue weighted by Gasteiger charge is -2.07. The first-order valence-electron chi connectivity index (χ1n) is 11.9. The zero-order valence-electron chi connectivity index (χ0n) is 20.2. The molecule has 3 amide bonds. The summed E-state index contributed by atoms with van der Waals surface area (Å²) in [5.74, 6) is -0.154. The summed E-state index contributed by atoms with van der Waals surface area (Å²) in [6.07, 6.45) is 3.50. The second kappa shape index (κ2) is 13.8. The number of nitrogens with two attached hydrogens (primary N) is 1. The molecule has 190 valence electrons. The van der Waals surface area contributed by atoms with E-state index in [1.165, 1.54) is 11.3 Å². The normalized spacial score (nSPS) is 10.5. The minimum Gasteiger partial charge on any atom is -0.450 e. The summed E-state index contributed by atoms with van der Waals surface area (Å²) in [6.45, 7) is 2.04. The van der Waals surface area contributed by atoms with Gasteiger partial charge in [-0.15, -0.1) is 11.3 Å². The van der Waals surface area contributed by atoms with Gasteiger partial charge in [-0.05, 0) is 44.0 Å². The third-order valence-electron chi connectivity index (χ3n) is 5.22. The van der Waals surface area contributed by atoms with E-state index in [-0.39, 0.29) is 11.8 Å². The predicted molar refractivity (Wildman–Crippen MR) is 144 cm³/mol. The van der Waals surface area contributed by atoms with Crippen LogP contribution in [0.25, 0.3) is 11.3 Å². The Morgan fingerprint density at radius 2 is 1.64 bits per heavy atom. The zero-order chi connectivity index (χ0) is 25.8. The Balaban J connectivity index is 1.34. The molecule has 2 aromatic carbocycles. The van der Waals surface area contributed by atoms with Crippen molar-refractivity contribution in [2.45, 2.75) is 45.4 Å². The van der Waals surface area contributed by atoms with Gasteiger partial charge in [0.1, 0.15) is 0 Å². The van der Waals surface area contributed by atoms with Crippen LogP contribution < -0.4 is 21.7 Å². The van der Waals surface area contributed by atoms with Crippen molar-refractivity contribution in [1.29, 1.82) is 0 Å². The lowest BCUT2D eigenvalue weighted by Crippen LogP contribution is -2.13. The topological polar surface area (TPSA) is 135 Å². The molecule has 0 radical (unpaired) electrons. The number of carbonyl (C=O) groups excluding carboxylic acids is 3. The third kappa shape index (κ3) is 8.70. The number of rotatable bonds is 12. The van der Waals surface area contributed by atoms with Gasteiger partial charge in [0.25, 0.3) is 0 Å². The fourth-order valence-electron chi connectivity index (χ4n) is 3.44. The smallest absolute Gasteiger partial charge is 0.411 e. The van der Waals surface area contributed by atoms with Gasteiger partial charge in [0, 0.05) is 29.5 Å². The molecular formula is C26H31N5O4S. The van der Waals surface area contributed by atoms with E-state index >= 15 is 0 Å². The van der Waals surface area contributed by atoms with E-state index in [0.717, 1.165) is 31.2 Å². The van der Waals surface area contributed by atoms with Crippen LogP contribution in [0.4, 0.5) is 27.0 Å². The number of nitrogen functional groups attached to an aromatic ring is 1. The number of aromatic nitrogens is 1. The molecule has 0 bridgehead atoms. The Labute approximate surface area is 214 Å². The Hall–Kier alpha value is -3.92. The highest BCUT2D eigenvalue weighted by molar-refractivity contribution is 7.14. The Kier molecular flexibility index (Phi) is 10.3. The maximum atomic E-state index is 12.3. The molecule has 5 N–H and O–H groups in total. The summed E-state index contributed by atoms with van der Waals surface area (Å²) in [4.78, 5) is 40.4. The molecule has 9 nitrogen and oxygen atoms in total. The maximum Gasteiger partial charge on any atom is 0.411 e. The number of ether oxygens (including phenoxy) is 1. The summed E-state index contributed by atoms with van der Waals surface area (Å²) >= 11 is 1.34. The minimum absolute atomic E-state index is 0.0626. The molecule has 0 aliphatic carbocycles. The van der Waals surface area contributed by atoms with Gasteiger partial charge in [0.05, 0.1) is 23.7 Å². The van der Waals surface area contributed by atoms with Crippen molar-refractivity contribution in [1.82, 2.24) is 4.98 Å². The third-order valence-corrected chi connectivity index (χ3v) is 5.98. The Morgan fingerprint density at radius 1 is 0.917 bits per heavy atom. The van der Waals surface area contributed by atoms with Crippen molar-refractivity contribution < 1.29 is 19.1 Å². The quantitative estimate of drug-likeness (QED) is 0.178. The first kappa shape index (κ1) is 26.7. The number of benzene rings is 2. The van der Waals surface area contributed by atoms with Crippen LogP contribution in [0, 0.1) is 0 Å². The van der Waals surface area contributed by atoms with E-state index in [2.05, 4.69) is 20.9 Å². The summed E-state index contributed by atoms with van der Waals surface area (Å²) in [5.41, 5.74) is 9.14. The molecule has 36 heavy (non-hydrogen) atoms. The number of unbranched alkanes of at least 4 members (excludes halogenated alkanes) is 3. The van der Waals surface area contributed by atoms with Gasteiger partial charge in [-0.1, -0.05) is 37.1 Å². The second-order valence-corrected chi connectivity index (χ2v) is 8.92. The van der Waals surface area contributed by atoms with Crippen molar-refractivity contribution >= 4 is 51.4 Å². The number of amides is 3.